The van der Waals surface area contributed by atoms with Crippen molar-refractivity contribution in [3.8, 4) is 0 Å². The normalized spacial score (nSPS) is 14.8. The van der Waals surface area contributed by atoms with Crippen molar-refractivity contribution in [2.75, 3.05) is 6.54 Å². The first-order chi connectivity index (χ1) is 7.75. The molecule has 0 spiro atoms. The van der Waals surface area contributed by atoms with Gasteiger partial charge in [0.1, 0.15) is 5.15 Å². The number of hydrogen-bond donors (Lipinski definition) is 1. The number of amides is 1. The van der Waals surface area contributed by atoms with Gasteiger partial charge in [0.15, 0.2) is 0 Å². The first kappa shape index (κ1) is 11.4. The Balaban J connectivity index is 1.71. The average Bonchev–Trinajstić information content (AvgIpc) is 3.09. The molecule has 0 unspecified atom stereocenters. The van der Waals surface area contributed by atoms with Gasteiger partial charge in [-0.25, -0.2) is 4.98 Å². The predicted octanol–water partition coefficient (Wildman–Crippen LogP) is 2.66. The van der Waals surface area contributed by atoms with Gasteiger partial charge in [-0.05, 0) is 30.9 Å². The lowest BCUT2D eigenvalue weighted by atomic mass is 10.2. The molecule has 16 heavy (non-hydrogen) atoms. The Morgan fingerprint density at radius 1 is 1.50 bits per heavy atom. The van der Waals surface area contributed by atoms with Gasteiger partial charge in [-0.2, -0.15) is 0 Å². The van der Waals surface area contributed by atoms with Crippen LogP contribution in [-0.2, 0) is 0 Å². The van der Waals surface area contributed by atoms with Crippen LogP contribution in [0.5, 0.6) is 0 Å². The van der Waals surface area contributed by atoms with Crippen LogP contribution in [-0.4, -0.2) is 17.4 Å². The van der Waals surface area contributed by atoms with Gasteiger partial charge in [-0.15, -0.1) is 0 Å². The van der Waals surface area contributed by atoms with Crippen molar-refractivity contribution in [2.45, 2.75) is 25.7 Å². The Morgan fingerprint density at radius 2 is 2.31 bits per heavy atom. The Morgan fingerprint density at radius 3 is 2.94 bits per heavy atom. The number of nitrogens with one attached hydrogen (secondary N) is 1. The molecule has 0 bridgehead atoms. The molecule has 1 aliphatic rings. The van der Waals surface area contributed by atoms with Gasteiger partial charge < -0.3 is 5.32 Å². The van der Waals surface area contributed by atoms with Crippen LogP contribution in [0.1, 0.15) is 36.0 Å². The topological polar surface area (TPSA) is 42.0 Å². The number of pyridine rings is 1. The summed E-state index contributed by atoms with van der Waals surface area (Å²) in [5.41, 5.74) is 0.566. The molecule has 0 aromatic carbocycles. The fourth-order valence-corrected chi connectivity index (χ4v) is 1.72. The summed E-state index contributed by atoms with van der Waals surface area (Å²) >= 11 is 5.64. The third-order valence-corrected chi connectivity index (χ3v) is 2.98. The van der Waals surface area contributed by atoms with Crippen LogP contribution in [0.4, 0.5) is 0 Å². The fourth-order valence-electron chi connectivity index (χ4n) is 1.61. The summed E-state index contributed by atoms with van der Waals surface area (Å²) in [6.07, 6.45) is 6.54. The van der Waals surface area contributed by atoms with Crippen molar-refractivity contribution in [3.63, 3.8) is 0 Å². The van der Waals surface area contributed by atoms with Gasteiger partial charge in [0.2, 0.25) is 0 Å². The molecule has 0 radical (unpaired) electrons. The summed E-state index contributed by atoms with van der Waals surface area (Å²) in [6.45, 7) is 0.748. The summed E-state index contributed by atoms with van der Waals surface area (Å²) < 4.78 is 0. The average molecular weight is 239 g/mol. The maximum absolute atomic E-state index is 11.6. The largest absolute Gasteiger partial charge is 0.352 e. The van der Waals surface area contributed by atoms with E-state index in [-0.39, 0.29) is 5.91 Å². The molecule has 0 saturated heterocycles. The Kier molecular flexibility index (Phi) is 3.78. The molecule has 86 valence electrons. The zero-order valence-corrected chi connectivity index (χ0v) is 9.83. The molecule has 3 nitrogen and oxygen atoms in total. The summed E-state index contributed by atoms with van der Waals surface area (Å²) in [5.74, 6) is 0.856. The quantitative estimate of drug-likeness (QED) is 0.633. The predicted molar refractivity (Wildman–Crippen MR) is 63.5 cm³/mol. The van der Waals surface area contributed by atoms with Gasteiger partial charge in [-0.3, -0.25) is 4.79 Å². The van der Waals surface area contributed by atoms with Gasteiger partial charge in [-0.1, -0.05) is 24.4 Å². The molecule has 0 aliphatic heterocycles. The van der Waals surface area contributed by atoms with E-state index in [1.807, 2.05) is 0 Å². The third kappa shape index (κ3) is 3.49. The molecule has 0 atom stereocenters. The van der Waals surface area contributed by atoms with Crippen LogP contribution in [0.25, 0.3) is 0 Å². The highest BCUT2D eigenvalue weighted by Gasteiger charge is 2.20. The van der Waals surface area contributed by atoms with Crippen LogP contribution in [0.3, 0.4) is 0 Å². The van der Waals surface area contributed by atoms with Crippen molar-refractivity contribution >= 4 is 17.5 Å². The van der Waals surface area contributed by atoms with Crippen LogP contribution < -0.4 is 5.32 Å². The molecule has 1 heterocycles. The second-order valence-electron chi connectivity index (χ2n) is 4.21. The molecular formula is C12H15ClN2O. The van der Waals surface area contributed by atoms with E-state index in [1.165, 1.54) is 25.5 Å². The van der Waals surface area contributed by atoms with Gasteiger partial charge in [0.05, 0.1) is 5.56 Å². The smallest absolute Gasteiger partial charge is 0.252 e. The number of rotatable bonds is 5. The van der Waals surface area contributed by atoms with E-state index in [1.54, 1.807) is 12.1 Å². The number of hydrogen-bond acceptors (Lipinski definition) is 2. The van der Waals surface area contributed by atoms with Crippen LogP contribution in [0, 0.1) is 5.92 Å². The van der Waals surface area contributed by atoms with E-state index < -0.39 is 0 Å². The van der Waals surface area contributed by atoms with Crippen molar-refractivity contribution in [1.82, 2.24) is 10.3 Å². The molecule has 1 aliphatic carbocycles. The maximum Gasteiger partial charge on any atom is 0.252 e. The summed E-state index contributed by atoms with van der Waals surface area (Å²) in [4.78, 5) is 15.5. The van der Waals surface area contributed by atoms with E-state index in [2.05, 4.69) is 10.3 Å². The molecule has 4 heteroatoms. The van der Waals surface area contributed by atoms with Crippen molar-refractivity contribution in [2.24, 2.45) is 5.92 Å². The second kappa shape index (κ2) is 5.30. The monoisotopic (exact) mass is 238 g/mol. The number of carbonyl (C=O) groups excluding carboxylic acids is 1. The van der Waals surface area contributed by atoms with E-state index in [0.29, 0.717) is 10.7 Å². The van der Waals surface area contributed by atoms with Crippen molar-refractivity contribution in [1.29, 1.82) is 0 Å². The van der Waals surface area contributed by atoms with E-state index in [9.17, 15) is 4.79 Å². The SMILES string of the molecule is O=C(NCCCC1CC1)c1ccc(Cl)nc1. The molecule has 1 saturated carbocycles. The minimum atomic E-state index is -0.0695. The maximum atomic E-state index is 11.6. The number of halogens is 1. The summed E-state index contributed by atoms with van der Waals surface area (Å²) in [7, 11) is 0. The highest BCUT2D eigenvalue weighted by atomic mass is 35.5. The molecule has 1 aromatic heterocycles. The Bertz CT molecular complexity index is 360. The summed E-state index contributed by atoms with van der Waals surface area (Å²) in [5, 5.41) is 3.29. The number of carbonyl (C=O) groups is 1. The van der Waals surface area contributed by atoms with Gasteiger partial charge >= 0.3 is 0 Å². The zero-order chi connectivity index (χ0) is 11.4. The highest BCUT2D eigenvalue weighted by molar-refractivity contribution is 6.29. The molecular weight excluding hydrogens is 224 g/mol. The molecule has 1 fully saturated rings. The molecule has 1 N–H and O–H groups in total. The van der Waals surface area contributed by atoms with Crippen LogP contribution in [0.15, 0.2) is 18.3 Å². The minimum Gasteiger partial charge on any atom is -0.352 e. The fraction of sp³-hybridized carbons (Fsp3) is 0.500. The molecule has 1 amide bonds. The first-order valence-corrected chi connectivity index (χ1v) is 6.03. The molecule has 1 aromatic rings. The highest BCUT2D eigenvalue weighted by Crippen LogP contribution is 2.33. The lowest BCUT2D eigenvalue weighted by molar-refractivity contribution is 0.0952. The van der Waals surface area contributed by atoms with Gasteiger partial charge in [0.25, 0.3) is 5.91 Å². The van der Waals surface area contributed by atoms with Gasteiger partial charge in [0, 0.05) is 12.7 Å². The number of aromatic nitrogens is 1. The van der Waals surface area contributed by atoms with E-state index in [0.717, 1.165) is 18.9 Å². The van der Waals surface area contributed by atoms with Crippen molar-refractivity contribution < 1.29 is 4.79 Å². The lowest BCUT2D eigenvalue weighted by Crippen LogP contribution is -2.24. The number of nitrogens with zero attached hydrogens (tertiary/aromatic N) is 1. The standard InChI is InChI=1S/C12H15ClN2O/c13-11-6-5-10(8-15-11)12(16)14-7-1-2-9-3-4-9/h5-6,8-9H,1-4,7H2,(H,14,16). The van der Waals surface area contributed by atoms with Crippen molar-refractivity contribution in [3.05, 3.63) is 29.0 Å². The Labute approximate surface area is 100 Å². The van der Waals surface area contributed by atoms with E-state index >= 15 is 0 Å². The second-order valence-corrected chi connectivity index (χ2v) is 4.60. The molecule has 2 rings (SSSR count). The van der Waals surface area contributed by atoms with Crippen LogP contribution >= 0.6 is 11.6 Å². The zero-order valence-electron chi connectivity index (χ0n) is 9.08. The lowest BCUT2D eigenvalue weighted by Gasteiger charge is -2.04. The first-order valence-electron chi connectivity index (χ1n) is 5.65. The minimum absolute atomic E-state index is 0.0695. The Hall–Kier alpha value is -1.09. The van der Waals surface area contributed by atoms with E-state index in [4.69, 9.17) is 11.6 Å². The third-order valence-electron chi connectivity index (χ3n) is 2.76. The van der Waals surface area contributed by atoms with Crippen LogP contribution in [0.2, 0.25) is 5.15 Å². The summed E-state index contributed by atoms with van der Waals surface area (Å²) in [6, 6.07) is 3.31.